The largest absolute Gasteiger partial charge is 0.329 e. The van der Waals surface area contributed by atoms with E-state index in [-0.39, 0.29) is 30.8 Å². The third-order valence-corrected chi connectivity index (χ3v) is 7.29. The van der Waals surface area contributed by atoms with E-state index < -0.39 is 10.8 Å². The van der Waals surface area contributed by atoms with Gasteiger partial charge in [-0.05, 0) is 59.1 Å². The van der Waals surface area contributed by atoms with Gasteiger partial charge in [-0.15, -0.1) is 0 Å². The van der Waals surface area contributed by atoms with E-state index in [1.54, 1.807) is 17.2 Å². The second kappa shape index (κ2) is 9.65. The standard InChI is InChI=1S/C28H31BrN4O3/c1-6-18(17(2)29)15-33(26(36)27(3,4)5)16-23(34)31-21-10-9-19-13-28(14-20(19)12-21)22-8-7-11-30-24(22)32-25(28)35/h6-12H,1,13-16H2,2-5H3,(H,31,34)(H,30,32,35)/b18-17-. The van der Waals surface area contributed by atoms with Crippen LogP contribution < -0.4 is 10.6 Å². The lowest BCUT2D eigenvalue weighted by molar-refractivity contribution is -0.141. The Morgan fingerprint density at radius 2 is 1.94 bits per heavy atom. The first-order chi connectivity index (χ1) is 16.9. The number of carbonyl (C=O) groups is 3. The van der Waals surface area contributed by atoms with E-state index in [9.17, 15) is 14.4 Å². The number of nitrogens with one attached hydrogen (secondary N) is 2. The van der Waals surface area contributed by atoms with Crippen LogP contribution in [0.4, 0.5) is 11.5 Å². The van der Waals surface area contributed by atoms with Gasteiger partial charge in [-0.1, -0.05) is 61.5 Å². The number of fused-ring (bicyclic) bond motifs is 3. The Hall–Kier alpha value is -3.26. The van der Waals surface area contributed by atoms with Crippen molar-refractivity contribution in [3.63, 3.8) is 0 Å². The Kier molecular flexibility index (Phi) is 6.92. The molecule has 2 heterocycles. The molecule has 1 aliphatic carbocycles. The number of anilines is 2. The molecule has 2 aliphatic rings. The third kappa shape index (κ3) is 4.87. The van der Waals surface area contributed by atoms with Gasteiger partial charge in [0.05, 0.1) is 5.41 Å². The maximum absolute atomic E-state index is 13.1. The predicted octanol–water partition coefficient (Wildman–Crippen LogP) is 4.74. The maximum atomic E-state index is 13.1. The molecule has 0 fully saturated rings. The quantitative estimate of drug-likeness (QED) is 0.508. The first-order valence-electron chi connectivity index (χ1n) is 11.9. The summed E-state index contributed by atoms with van der Waals surface area (Å²) in [7, 11) is 0. The third-order valence-electron chi connectivity index (χ3n) is 6.78. The second-order valence-corrected chi connectivity index (χ2v) is 11.7. The van der Waals surface area contributed by atoms with Crippen LogP contribution in [0.25, 0.3) is 0 Å². The number of carbonyl (C=O) groups excluding carboxylic acids is 3. The Bertz CT molecular complexity index is 1290. The van der Waals surface area contributed by atoms with E-state index >= 15 is 0 Å². The van der Waals surface area contributed by atoms with Crippen molar-refractivity contribution in [1.29, 1.82) is 0 Å². The fourth-order valence-corrected chi connectivity index (χ4v) is 5.20. The van der Waals surface area contributed by atoms with E-state index in [1.807, 2.05) is 58.0 Å². The molecule has 1 aromatic carbocycles. The summed E-state index contributed by atoms with van der Waals surface area (Å²) in [5.74, 6) is 0.173. The molecule has 2 N–H and O–H groups in total. The molecule has 0 bridgehead atoms. The minimum absolute atomic E-state index is 0.0394. The zero-order chi connectivity index (χ0) is 26.3. The highest BCUT2D eigenvalue weighted by atomic mass is 79.9. The minimum atomic E-state index is -0.661. The number of amides is 3. The van der Waals surface area contributed by atoms with Crippen molar-refractivity contribution in [2.24, 2.45) is 5.41 Å². The van der Waals surface area contributed by atoms with Gasteiger partial charge in [0.25, 0.3) is 0 Å². The Morgan fingerprint density at radius 3 is 2.61 bits per heavy atom. The van der Waals surface area contributed by atoms with Gasteiger partial charge in [0, 0.05) is 29.4 Å². The van der Waals surface area contributed by atoms with Crippen LogP contribution >= 0.6 is 15.9 Å². The number of halogens is 1. The fourth-order valence-electron chi connectivity index (χ4n) is 4.91. The van der Waals surface area contributed by atoms with Crippen molar-refractivity contribution in [2.45, 2.75) is 46.0 Å². The highest BCUT2D eigenvalue weighted by Gasteiger charge is 2.51. The zero-order valence-corrected chi connectivity index (χ0v) is 22.7. The predicted molar refractivity (Wildman–Crippen MR) is 145 cm³/mol. The SMILES string of the molecule is C=C/C(CN(CC(=O)Nc1ccc2c(c1)CC1(C2)C(=O)Nc2ncccc21)C(=O)C(C)(C)C)=C(\C)Br. The zero-order valence-electron chi connectivity index (χ0n) is 21.1. The highest BCUT2D eigenvalue weighted by Crippen LogP contribution is 2.46. The Labute approximate surface area is 220 Å². The number of allylic oxidation sites excluding steroid dienone is 1. The van der Waals surface area contributed by atoms with Gasteiger partial charge in [0.2, 0.25) is 17.7 Å². The van der Waals surface area contributed by atoms with E-state index in [2.05, 4.69) is 38.1 Å². The van der Waals surface area contributed by atoms with Crippen LogP contribution in [-0.2, 0) is 32.6 Å². The first kappa shape index (κ1) is 25.8. The van der Waals surface area contributed by atoms with Gasteiger partial charge in [0.15, 0.2) is 0 Å². The molecule has 8 heteroatoms. The summed E-state index contributed by atoms with van der Waals surface area (Å²) in [6, 6.07) is 9.55. The number of nitrogens with zero attached hydrogens (tertiary/aromatic N) is 2. The maximum Gasteiger partial charge on any atom is 0.244 e. The molecule has 4 rings (SSSR count). The number of aromatic nitrogens is 1. The lowest BCUT2D eigenvalue weighted by Crippen LogP contribution is -2.44. The van der Waals surface area contributed by atoms with Crippen molar-refractivity contribution < 1.29 is 14.4 Å². The summed E-state index contributed by atoms with van der Waals surface area (Å²) in [6.45, 7) is 11.4. The average molecular weight is 551 g/mol. The van der Waals surface area contributed by atoms with Gasteiger partial charge in [-0.3, -0.25) is 14.4 Å². The smallest absolute Gasteiger partial charge is 0.244 e. The number of pyridine rings is 1. The molecule has 36 heavy (non-hydrogen) atoms. The monoisotopic (exact) mass is 550 g/mol. The Balaban J connectivity index is 1.51. The molecule has 1 spiro atoms. The molecule has 1 atom stereocenters. The molecule has 1 aromatic heterocycles. The average Bonchev–Trinajstić information content (AvgIpc) is 3.32. The van der Waals surface area contributed by atoms with Gasteiger partial charge < -0.3 is 15.5 Å². The first-order valence-corrected chi connectivity index (χ1v) is 12.7. The summed E-state index contributed by atoms with van der Waals surface area (Å²) < 4.78 is 0.866. The normalized spacial score (nSPS) is 18.8. The lowest BCUT2D eigenvalue weighted by Gasteiger charge is -2.29. The number of hydrogen-bond acceptors (Lipinski definition) is 4. The number of rotatable bonds is 6. The fraction of sp³-hybridized carbons (Fsp3) is 0.357. The van der Waals surface area contributed by atoms with Crippen molar-refractivity contribution >= 4 is 45.2 Å². The lowest BCUT2D eigenvalue weighted by atomic mass is 9.79. The van der Waals surface area contributed by atoms with Crippen LogP contribution in [0.5, 0.6) is 0 Å². The number of benzene rings is 1. The summed E-state index contributed by atoms with van der Waals surface area (Å²) in [5, 5.41) is 5.85. The molecule has 3 amide bonds. The van der Waals surface area contributed by atoms with E-state index in [0.29, 0.717) is 24.3 Å². The van der Waals surface area contributed by atoms with Crippen LogP contribution in [0.3, 0.4) is 0 Å². The molecule has 0 saturated heterocycles. The van der Waals surface area contributed by atoms with E-state index in [1.165, 1.54) is 0 Å². The van der Waals surface area contributed by atoms with Gasteiger partial charge >= 0.3 is 0 Å². The summed E-state index contributed by atoms with van der Waals surface area (Å²) in [6.07, 6.45) is 4.50. The van der Waals surface area contributed by atoms with Crippen molar-refractivity contribution in [1.82, 2.24) is 9.88 Å². The molecule has 0 saturated carbocycles. The minimum Gasteiger partial charge on any atom is -0.329 e. The van der Waals surface area contributed by atoms with Crippen molar-refractivity contribution in [2.75, 3.05) is 23.7 Å². The number of hydrogen-bond donors (Lipinski definition) is 2. The van der Waals surface area contributed by atoms with E-state index in [4.69, 9.17) is 0 Å². The molecule has 1 unspecified atom stereocenters. The van der Waals surface area contributed by atoms with E-state index in [0.717, 1.165) is 26.7 Å². The van der Waals surface area contributed by atoms with Gasteiger partial charge in [-0.2, -0.15) is 0 Å². The van der Waals surface area contributed by atoms with Gasteiger partial charge in [-0.25, -0.2) is 4.98 Å². The topological polar surface area (TPSA) is 91.4 Å². The van der Waals surface area contributed by atoms with Crippen LogP contribution in [-0.4, -0.2) is 40.7 Å². The molecular weight excluding hydrogens is 520 g/mol. The molecule has 2 aromatic rings. The molecule has 7 nitrogen and oxygen atoms in total. The van der Waals surface area contributed by atoms with Crippen LogP contribution in [0.15, 0.2) is 59.2 Å². The van der Waals surface area contributed by atoms with Crippen molar-refractivity contribution in [3.8, 4) is 0 Å². The van der Waals surface area contributed by atoms with Crippen LogP contribution in [0, 0.1) is 5.41 Å². The molecule has 0 radical (unpaired) electrons. The second-order valence-electron chi connectivity index (χ2n) is 10.5. The summed E-state index contributed by atoms with van der Waals surface area (Å²) in [5.41, 5.74) is 3.20. The molecular formula is C28H31BrN4O3. The summed E-state index contributed by atoms with van der Waals surface area (Å²) in [4.78, 5) is 44.9. The van der Waals surface area contributed by atoms with Crippen LogP contribution in [0.1, 0.15) is 44.4 Å². The van der Waals surface area contributed by atoms with Crippen LogP contribution in [0.2, 0.25) is 0 Å². The van der Waals surface area contributed by atoms with Crippen molar-refractivity contribution in [3.05, 3.63) is 75.9 Å². The molecule has 188 valence electrons. The van der Waals surface area contributed by atoms with Gasteiger partial charge in [0.1, 0.15) is 12.4 Å². The summed E-state index contributed by atoms with van der Waals surface area (Å²) >= 11 is 3.45. The highest BCUT2D eigenvalue weighted by molar-refractivity contribution is 9.11. The molecule has 1 aliphatic heterocycles. The Morgan fingerprint density at radius 1 is 1.22 bits per heavy atom.